The molecule has 0 amide bonds. The van der Waals surface area contributed by atoms with Gasteiger partial charge in [-0.25, -0.2) is 0 Å². The summed E-state index contributed by atoms with van der Waals surface area (Å²) < 4.78 is 10.5. The third-order valence-electron chi connectivity index (χ3n) is 3.23. The van der Waals surface area contributed by atoms with Crippen LogP contribution < -0.4 is 9.96 Å². The van der Waals surface area contributed by atoms with Crippen LogP contribution in [0.1, 0.15) is 0 Å². The molecule has 0 aliphatic carbocycles. The van der Waals surface area contributed by atoms with E-state index in [1.165, 1.54) is 12.1 Å². The molecule has 1 fully saturated rings. The van der Waals surface area contributed by atoms with Crippen LogP contribution in [-0.2, 0) is 4.74 Å². The van der Waals surface area contributed by atoms with Crippen LogP contribution in [-0.4, -0.2) is 62.9 Å². The summed E-state index contributed by atoms with van der Waals surface area (Å²) in [4.78, 5) is 0. The smallest absolute Gasteiger partial charge is 0.229 e. The number of hydrogen-bond donors (Lipinski definition) is 5. The maximum Gasteiger partial charge on any atom is 0.229 e. The topological polar surface area (TPSA) is 146 Å². The van der Waals surface area contributed by atoms with Gasteiger partial charge in [-0.2, -0.15) is 0 Å². The number of anilines is 1. The fourth-order valence-corrected chi connectivity index (χ4v) is 2.21. The normalized spacial score (nSPS) is 31.9. The van der Waals surface area contributed by atoms with Crippen LogP contribution in [0.15, 0.2) is 18.2 Å². The van der Waals surface area contributed by atoms with Crippen molar-refractivity contribution in [2.24, 2.45) is 0 Å². The van der Waals surface area contributed by atoms with E-state index >= 15 is 0 Å². The van der Waals surface area contributed by atoms with Gasteiger partial charge in [-0.15, -0.1) is 0 Å². The summed E-state index contributed by atoms with van der Waals surface area (Å²) >= 11 is 5.88. The zero-order valence-electron chi connectivity index (χ0n) is 11.1. The van der Waals surface area contributed by atoms with E-state index in [-0.39, 0.29) is 21.7 Å². The highest BCUT2D eigenvalue weighted by molar-refractivity contribution is 6.32. The Hall–Kier alpha value is -1.17. The van der Waals surface area contributed by atoms with Crippen molar-refractivity contribution in [1.82, 2.24) is 0 Å². The van der Waals surface area contributed by atoms with Gasteiger partial charge < -0.3 is 40.3 Å². The highest BCUT2D eigenvalue weighted by Gasteiger charge is 2.44. The standard InChI is InChI=1S/C12H15ClNO8/c13-6-3-5(14(19)20)1-2-7(6)21-12-11(18)10(17)9(16)8(4-15)22-12/h1-3,8-12,15-19H,4H2/q-1/t8-,9-,10+,11-,12?/m1/s1. The van der Waals surface area contributed by atoms with Gasteiger partial charge in [0.1, 0.15) is 30.2 Å². The summed E-state index contributed by atoms with van der Waals surface area (Å²) in [5.41, 5.74) is -0.133. The Balaban J connectivity index is 2.15. The first kappa shape index (κ1) is 17.2. The second kappa shape index (κ2) is 6.94. The van der Waals surface area contributed by atoms with Gasteiger partial charge in [0.2, 0.25) is 6.29 Å². The van der Waals surface area contributed by atoms with Crippen molar-refractivity contribution in [2.45, 2.75) is 30.7 Å². The lowest BCUT2D eigenvalue weighted by atomic mass is 9.99. The molecule has 22 heavy (non-hydrogen) atoms. The molecule has 2 rings (SSSR count). The maximum absolute atomic E-state index is 10.7. The average molecular weight is 337 g/mol. The highest BCUT2D eigenvalue weighted by Crippen LogP contribution is 2.32. The SMILES string of the molecule is [O-]N(O)c1ccc(OC2O[C@H](CO)[C@@H](O)[C@H](O)[C@H]2O)c(Cl)c1. The number of rotatable bonds is 4. The molecule has 1 saturated heterocycles. The van der Waals surface area contributed by atoms with E-state index in [0.29, 0.717) is 0 Å². The van der Waals surface area contributed by atoms with Gasteiger partial charge in [0.15, 0.2) is 0 Å². The first-order valence-electron chi connectivity index (χ1n) is 6.28. The van der Waals surface area contributed by atoms with E-state index in [1.54, 1.807) is 0 Å². The van der Waals surface area contributed by atoms with Gasteiger partial charge in [-0.3, -0.25) is 5.21 Å². The Morgan fingerprint density at radius 3 is 2.45 bits per heavy atom. The van der Waals surface area contributed by atoms with Gasteiger partial charge in [-0.05, 0) is 18.2 Å². The Labute approximate surface area is 130 Å². The Morgan fingerprint density at radius 2 is 1.91 bits per heavy atom. The van der Waals surface area contributed by atoms with Crippen molar-refractivity contribution in [3.05, 3.63) is 28.4 Å². The van der Waals surface area contributed by atoms with E-state index < -0.39 is 37.3 Å². The fraction of sp³-hybridized carbons (Fsp3) is 0.500. The molecule has 0 bridgehead atoms. The van der Waals surface area contributed by atoms with E-state index in [0.717, 1.165) is 6.07 Å². The van der Waals surface area contributed by atoms with Crippen LogP contribution in [0.4, 0.5) is 5.69 Å². The summed E-state index contributed by atoms with van der Waals surface area (Å²) in [6, 6.07) is 3.58. The predicted octanol–water partition coefficient (Wildman–Crippen LogP) is -0.788. The molecule has 1 aliphatic heterocycles. The van der Waals surface area contributed by atoms with E-state index in [2.05, 4.69) is 0 Å². The summed E-state index contributed by atoms with van der Waals surface area (Å²) in [6.07, 6.45) is -7.17. The van der Waals surface area contributed by atoms with Gasteiger partial charge in [0.25, 0.3) is 0 Å². The minimum Gasteiger partial charge on any atom is -0.733 e. The second-order valence-corrected chi connectivity index (χ2v) is 5.11. The van der Waals surface area contributed by atoms with Crippen molar-refractivity contribution in [1.29, 1.82) is 0 Å². The number of hydrogen-bond acceptors (Lipinski definition) is 9. The molecule has 5 atom stereocenters. The first-order chi connectivity index (χ1) is 10.3. The molecule has 0 spiro atoms. The van der Waals surface area contributed by atoms with E-state index in [4.69, 9.17) is 31.4 Å². The molecule has 10 heteroatoms. The van der Waals surface area contributed by atoms with Crippen LogP contribution in [0.3, 0.4) is 0 Å². The average Bonchev–Trinajstić information content (AvgIpc) is 2.49. The largest absolute Gasteiger partial charge is 0.733 e. The molecule has 1 heterocycles. The van der Waals surface area contributed by atoms with Gasteiger partial charge in [-0.1, -0.05) is 11.6 Å². The van der Waals surface area contributed by atoms with Crippen molar-refractivity contribution in [3.8, 4) is 5.75 Å². The highest BCUT2D eigenvalue weighted by atomic mass is 35.5. The maximum atomic E-state index is 10.7. The third-order valence-corrected chi connectivity index (χ3v) is 3.52. The van der Waals surface area contributed by atoms with Crippen LogP contribution in [0.5, 0.6) is 5.75 Å². The lowest BCUT2D eigenvalue weighted by molar-refractivity contribution is -0.277. The molecule has 0 aromatic heterocycles. The van der Waals surface area contributed by atoms with Crippen molar-refractivity contribution in [2.75, 3.05) is 11.8 Å². The molecular weight excluding hydrogens is 322 g/mol. The zero-order chi connectivity index (χ0) is 16.4. The minimum atomic E-state index is -1.58. The molecule has 5 N–H and O–H groups in total. The van der Waals surface area contributed by atoms with Crippen LogP contribution in [0.25, 0.3) is 0 Å². The number of aliphatic hydroxyl groups excluding tert-OH is 4. The Kier molecular flexibility index (Phi) is 5.42. The third kappa shape index (κ3) is 3.42. The van der Waals surface area contributed by atoms with Gasteiger partial charge >= 0.3 is 0 Å². The molecule has 9 nitrogen and oxygen atoms in total. The first-order valence-corrected chi connectivity index (χ1v) is 6.65. The molecule has 1 unspecified atom stereocenters. The lowest BCUT2D eigenvalue weighted by Gasteiger charge is -2.39. The summed E-state index contributed by atoms with van der Waals surface area (Å²) in [5.74, 6) is 0.0107. The molecule has 0 radical (unpaired) electrons. The number of aliphatic hydroxyl groups is 4. The van der Waals surface area contributed by atoms with Crippen molar-refractivity contribution >= 4 is 17.3 Å². The van der Waals surface area contributed by atoms with E-state index in [9.17, 15) is 20.5 Å². The van der Waals surface area contributed by atoms with Gasteiger partial charge in [0, 0.05) is 0 Å². The number of ether oxygens (including phenoxy) is 2. The summed E-state index contributed by atoms with van der Waals surface area (Å²) in [6.45, 7) is -0.590. The van der Waals surface area contributed by atoms with Crippen LogP contribution in [0, 0.1) is 5.21 Å². The van der Waals surface area contributed by atoms with Crippen molar-refractivity contribution in [3.63, 3.8) is 0 Å². The Morgan fingerprint density at radius 1 is 1.23 bits per heavy atom. The summed E-state index contributed by atoms with van der Waals surface area (Å²) in [5, 5.41) is 57.3. The lowest BCUT2D eigenvalue weighted by Crippen LogP contribution is -2.60. The zero-order valence-corrected chi connectivity index (χ0v) is 11.9. The number of nitrogens with zero attached hydrogens (tertiary/aromatic N) is 1. The van der Waals surface area contributed by atoms with E-state index in [1.807, 2.05) is 0 Å². The second-order valence-electron chi connectivity index (χ2n) is 4.70. The monoisotopic (exact) mass is 336 g/mol. The van der Waals surface area contributed by atoms with Crippen LogP contribution >= 0.6 is 11.6 Å². The predicted molar refractivity (Wildman–Crippen MR) is 73.5 cm³/mol. The molecule has 1 aromatic rings. The number of halogens is 1. The number of benzene rings is 1. The van der Waals surface area contributed by atoms with Crippen molar-refractivity contribution < 1.29 is 35.1 Å². The van der Waals surface area contributed by atoms with Gasteiger partial charge in [0.05, 0.1) is 17.3 Å². The Bertz CT molecular complexity index is 514. The molecule has 1 aliphatic rings. The van der Waals surface area contributed by atoms with Crippen LogP contribution in [0.2, 0.25) is 5.02 Å². The molecular formula is C12H15ClNO8-. The molecule has 124 valence electrons. The fourth-order valence-electron chi connectivity index (χ4n) is 1.99. The quantitative estimate of drug-likeness (QED) is 0.446. The minimum absolute atomic E-state index is 0.0107. The molecule has 0 saturated carbocycles. The molecule has 1 aromatic carbocycles. The summed E-state index contributed by atoms with van der Waals surface area (Å²) in [7, 11) is 0.